The first-order chi connectivity index (χ1) is 10.6. The molecule has 22 heavy (non-hydrogen) atoms. The Hall–Kier alpha value is -2.01. The topological polar surface area (TPSA) is 41.1 Å². The van der Waals surface area contributed by atoms with E-state index >= 15 is 0 Å². The maximum absolute atomic E-state index is 13.8. The largest absolute Gasteiger partial charge is 0.331 e. The van der Waals surface area contributed by atoms with Crippen LogP contribution in [-0.4, -0.2) is 11.8 Å². The lowest BCUT2D eigenvalue weighted by Crippen LogP contribution is -2.34. The van der Waals surface area contributed by atoms with Crippen molar-refractivity contribution >= 4 is 23.5 Å². The van der Waals surface area contributed by atoms with Crippen molar-refractivity contribution in [1.82, 2.24) is 5.32 Å². The van der Waals surface area contributed by atoms with Gasteiger partial charge in [-0.15, -0.1) is 11.8 Å². The molecular weight excluding hydrogens is 299 g/mol. The maximum atomic E-state index is 13.8. The summed E-state index contributed by atoms with van der Waals surface area (Å²) in [5.74, 6) is 0.580. The van der Waals surface area contributed by atoms with Crippen LogP contribution in [0, 0.1) is 12.7 Å². The van der Waals surface area contributed by atoms with Gasteiger partial charge in [0, 0.05) is 16.3 Å². The standard InChI is InChI=1S/C17H17FN2OS/c1-11-5-7-12(8-6-11)19-17(21)20-15-9-10-22-16-13(15)3-2-4-14(16)18/h2-8,15H,9-10H2,1H3,(H2,19,20,21)/t15-/m1/s1. The van der Waals surface area contributed by atoms with Gasteiger partial charge >= 0.3 is 6.03 Å². The van der Waals surface area contributed by atoms with Crippen LogP contribution in [0.3, 0.4) is 0 Å². The number of thioether (sulfide) groups is 1. The van der Waals surface area contributed by atoms with Crippen LogP contribution in [0.5, 0.6) is 0 Å². The zero-order valence-electron chi connectivity index (χ0n) is 12.2. The van der Waals surface area contributed by atoms with Crippen molar-refractivity contribution in [3.05, 3.63) is 59.4 Å². The van der Waals surface area contributed by atoms with Crippen LogP contribution in [0.2, 0.25) is 0 Å². The average molecular weight is 316 g/mol. The number of urea groups is 1. The summed E-state index contributed by atoms with van der Waals surface area (Å²) in [6, 6.07) is 12.2. The second-order valence-corrected chi connectivity index (χ2v) is 6.42. The van der Waals surface area contributed by atoms with Crippen LogP contribution in [-0.2, 0) is 0 Å². The fraction of sp³-hybridized carbons (Fsp3) is 0.235. The predicted octanol–water partition coefficient (Wildman–Crippen LogP) is 4.49. The van der Waals surface area contributed by atoms with Crippen LogP contribution in [0.25, 0.3) is 0 Å². The second-order valence-electron chi connectivity index (χ2n) is 5.31. The monoisotopic (exact) mass is 316 g/mol. The van der Waals surface area contributed by atoms with Crippen molar-refractivity contribution in [2.45, 2.75) is 24.3 Å². The molecule has 3 nitrogen and oxygen atoms in total. The van der Waals surface area contributed by atoms with Gasteiger partial charge in [-0.3, -0.25) is 0 Å². The normalized spacial score (nSPS) is 16.7. The first-order valence-electron chi connectivity index (χ1n) is 7.19. The minimum Gasteiger partial charge on any atom is -0.331 e. The molecule has 0 fully saturated rings. The molecule has 1 atom stereocenters. The molecule has 0 aromatic heterocycles. The highest BCUT2D eigenvalue weighted by molar-refractivity contribution is 7.99. The molecular formula is C17H17FN2OS. The van der Waals surface area contributed by atoms with Gasteiger partial charge < -0.3 is 10.6 Å². The van der Waals surface area contributed by atoms with E-state index in [1.165, 1.54) is 17.8 Å². The number of carbonyl (C=O) groups excluding carboxylic acids is 1. The smallest absolute Gasteiger partial charge is 0.319 e. The molecule has 0 spiro atoms. The molecule has 114 valence electrons. The van der Waals surface area contributed by atoms with Gasteiger partial charge in [0.2, 0.25) is 0 Å². The summed E-state index contributed by atoms with van der Waals surface area (Å²) in [7, 11) is 0. The van der Waals surface area contributed by atoms with Crippen molar-refractivity contribution < 1.29 is 9.18 Å². The summed E-state index contributed by atoms with van der Waals surface area (Å²) in [6.07, 6.45) is 0.794. The highest BCUT2D eigenvalue weighted by Gasteiger charge is 2.24. The second kappa shape index (κ2) is 6.40. The molecule has 2 aromatic carbocycles. The van der Waals surface area contributed by atoms with Gasteiger partial charge in [-0.25, -0.2) is 9.18 Å². The molecule has 0 radical (unpaired) electrons. The molecule has 0 aliphatic carbocycles. The van der Waals surface area contributed by atoms with Crippen molar-refractivity contribution in [2.75, 3.05) is 11.1 Å². The zero-order valence-corrected chi connectivity index (χ0v) is 13.0. The third kappa shape index (κ3) is 3.25. The molecule has 0 saturated carbocycles. The van der Waals surface area contributed by atoms with Crippen molar-refractivity contribution in [3.63, 3.8) is 0 Å². The minimum absolute atomic E-state index is 0.155. The lowest BCUT2D eigenvalue weighted by Gasteiger charge is -2.26. The molecule has 2 amide bonds. The van der Waals surface area contributed by atoms with Gasteiger partial charge in [0.1, 0.15) is 5.82 Å². The highest BCUT2D eigenvalue weighted by atomic mass is 32.2. The molecule has 2 aromatic rings. The van der Waals surface area contributed by atoms with E-state index in [1.54, 1.807) is 6.07 Å². The van der Waals surface area contributed by atoms with Crippen molar-refractivity contribution in [3.8, 4) is 0 Å². The number of benzene rings is 2. The minimum atomic E-state index is -0.268. The molecule has 0 unspecified atom stereocenters. The Kier molecular flexibility index (Phi) is 4.34. The van der Waals surface area contributed by atoms with E-state index in [4.69, 9.17) is 0 Å². The van der Waals surface area contributed by atoms with E-state index in [9.17, 15) is 9.18 Å². The number of hydrogen-bond acceptors (Lipinski definition) is 2. The lowest BCUT2D eigenvalue weighted by atomic mass is 10.0. The summed E-state index contributed by atoms with van der Waals surface area (Å²) in [4.78, 5) is 12.8. The van der Waals surface area contributed by atoms with E-state index in [2.05, 4.69) is 10.6 Å². The van der Waals surface area contributed by atoms with E-state index < -0.39 is 0 Å². The Balaban J connectivity index is 1.70. The van der Waals surface area contributed by atoms with E-state index in [0.29, 0.717) is 4.90 Å². The van der Waals surface area contributed by atoms with E-state index in [0.717, 1.165) is 29.0 Å². The Labute approximate surface area is 133 Å². The lowest BCUT2D eigenvalue weighted by molar-refractivity contribution is 0.248. The number of nitrogens with one attached hydrogen (secondary N) is 2. The Morgan fingerprint density at radius 1 is 1.23 bits per heavy atom. The van der Waals surface area contributed by atoms with Crippen LogP contribution >= 0.6 is 11.8 Å². The summed E-state index contributed by atoms with van der Waals surface area (Å²) in [6.45, 7) is 2.00. The number of carbonyl (C=O) groups is 1. The fourth-order valence-corrected chi connectivity index (χ4v) is 3.64. The SMILES string of the molecule is Cc1ccc(NC(=O)N[C@@H]2CCSc3c(F)cccc32)cc1. The summed E-state index contributed by atoms with van der Waals surface area (Å²) in [5, 5.41) is 5.75. The van der Waals surface area contributed by atoms with E-state index in [1.807, 2.05) is 37.3 Å². The number of rotatable bonds is 2. The van der Waals surface area contributed by atoms with Gasteiger partial charge in [-0.05, 0) is 37.1 Å². The van der Waals surface area contributed by atoms with Crippen LogP contribution in [0.4, 0.5) is 14.9 Å². The van der Waals surface area contributed by atoms with Crippen LogP contribution in [0.1, 0.15) is 23.6 Å². The van der Waals surface area contributed by atoms with Crippen molar-refractivity contribution in [1.29, 1.82) is 0 Å². The van der Waals surface area contributed by atoms with Crippen LogP contribution in [0.15, 0.2) is 47.4 Å². The number of hydrogen-bond donors (Lipinski definition) is 2. The van der Waals surface area contributed by atoms with Gasteiger partial charge in [0.05, 0.1) is 6.04 Å². The number of aryl methyl sites for hydroxylation is 1. The van der Waals surface area contributed by atoms with Gasteiger partial charge in [0.15, 0.2) is 0 Å². The van der Waals surface area contributed by atoms with E-state index in [-0.39, 0.29) is 17.9 Å². The third-order valence-corrected chi connectivity index (χ3v) is 4.80. The average Bonchev–Trinajstić information content (AvgIpc) is 2.51. The third-order valence-electron chi connectivity index (χ3n) is 3.64. The first kappa shape index (κ1) is 14.9. The molecule has 0 saturated heterocycles. The number of amides is 2. The number of anilines is 1. The van der Waals surface area contributed by atoms with Gasteiger partial charge in [-0.1, -0.05) is 29.8 Å². The Morgan fingerprint density at radius 2 is 2.00 bits per heavy atom. The number of halogens is 1. The molecule has 1 aliphatic rings. The zero-order chi connectivity index (χ0) is 15.5. The molecule has 3 rings (SSSR count). The van der Waals surface area contributed by atoms with Crippen LogP contribution < -0.4 is 10.6 Å². The van der Waals surface area contributed by atoms with Crippen molar-refractivity contribution in [2.24, 2.45) is 0 Å². The Bertz CT molecular complexity index is 688. The number of fused-ring (bicyclic) bond motifs is 1. The van der Waals surface area contributed by atoms with Gasteiger partial charge in [-0.2, -0.15) is 0 Å². The Morgan fingerprint density at radius 3 is 2.77 bits per heavy atom. The molecule has 1 heterocycles. The summed E-state index contributed by atoms with van der Waals surface area (Å²) >= 11 is 1.51. The van der Waals surface area contributed by atoms with Gasteiger partial charge in [0.25, 0.3) is 0 Å². The quantitative estimate of drug-likeness (QED) is 0.857. The molecule has 5 heteroatoms. The summed E-state index contributed by atoms with van der Waals surface area (Å²) < 4.78 is 13.8. The maximum Gasteiger partial charge on any atom is 0.319 e. The molecule has 0 bridgehead atoms. The molecule has 1 aliphatic heterocycles. The predicted molar refractivity (Wildman–Crippen MR) is 87.8 cm³/mol. The fourth-order valence-electron chi connectivity index (χ4n) is 2.50. The highest BCUT2D eigenvalue weighted by Crippen LogP contribution is 2.37. The summed E-state index contributed by atoms with van der Waals surface area (Å²) in [5.41, 5.74) is 2.74. The molecule has 2 N–H and O–H groups in total. The first-order valence-corrected chi connectivity index (χ1v) is 8.17.